The fraction of sp³-hybridized carbons (Fsp3) is 0.900. The summed E-state index contributed by atoms with van der Waals surface area (Å²) >= 11 is 0. The number of hydrogen-bond donors (Lipinski definition) is 0. The molecule has 2 aliphatic rings. The summed E-state index contributed by atoms with van der Waals surface area (Å²) < 4.78 is 25.2. The topological polar surface area (TPSA) is 53.0 Å². The maximum absolute atomic E-state index is 11.9. The SMILES string of the molecule is CCS(=O)(=O)N1CCN=C1N1CCCCC1. The van der Waals surface area contributed by atoms with Crippen LogP contribution in [0.2, 0.25) is 0 Å². The van der Waals surface area contributed by atoms with Crippen molar-refractivity contribution >= 4 is 16.0 Å². The molecule has 5 nitrogen and oxygen atoms in total. The molecule has 0 saturated carbocycles. The van der Waals surface area contributed by atoms with Crippen LogP contribution in [0.3, 0.4) is 0 Å². The van der Waals surface area contributed by atoms with Gasteiger partial charge in [-0.3, -0.25) is 4.99 Å². The van der Waals surface area contributed by atoms with Gasteiger partial charge in [-0.15, -0.1) is 0 Å². The number of likely N-dealkylation sites (tertiary alicyclic amines) is 1. The first-order valence-electron chi connectivity index (χ1n) is 5.95. The van der Waals surface area contributed by atoms with E-state index in [1.165, 1.54) is 10.7 Å². The lowest BCUT2D eigenvalue weighted by Crippen LogP contribution is -2.47. The number of aliphatic imine (C=N–C) groups is 1. The fourth-order valence-electron chi connectivity index (χ4n) is 2.19. The van der Waals surface area contributed by atoms with Crippen LogP contribution in [-0.4, -0.2) is 55.5 Å². The molecule has 2 aliphatic heterocycles. The smallest absolute Gasteiger partial charge is 0.237 e. The zero-order valence-corrected chi connectivity index (χ0v) is 10.5. The number of hydrogen-bond acceptors (Lipinski definition) is 4. The molecule has 0 unspecified atom stereocenters. The standard InChI is InChI=1S/C10H19N3O2S/c1-2-16(14,15)13-9-6-11-10(13)12-7-4-3-5-8-12/h2-9H2,1H3. The molecular weight excluding hydrogens is 226 g/mol. The molecule has 2 rings (SSSR count). The zero-order chi connectivity index (χ0) is 11.6. The van der Waals surface area contributed by atoms with Crippen LogP contribution in [0.15, 0.2) is 4.99 Å². The van der Waals surface area contributed by atoms with Gasteiger partial charge in [0, 0.05) is 13.1 Å². The predicted octanol–water partition coefficient (Wildman–Crippen LogP) is 0.494. The zero-order valence-electron chi connectivity index (χ0n) is 9.72. The van der Waals surface area contributed by atoms with E-state index in [-0.39, 0.29) is 5.75 Å². The molecule has 0 aromatic carbocycles. The van der Waals surface area contributed by atoms with Crippen LogP contribution in [0.25, 0.3) is 0 Å². The fourth-order valence-corrected chi connectivity index (χ4v) is 3.28. The van der Waals surface area contributed by atoms with E-state index in [1.807, 2.05) is 0 Å². The van der Waals surface area contributed by atoms with E-state index in [0.29, 0.717) is 19.0 Å². The third-order valence-electron chi connectivity index (χ3n) is 3.12. The highest BCUT2D eigenvalue weighted by Crippen LogP contribution is 2.17. The third-order valence-corrected chi connectivity index (χ3v) is 4.87. The second-order valence-corrected chi connectivity index (χ2v) is 6.38. The first-order chi connectivity index (χ1) is 7.65. The molecule has 0 spiro atoms. The number of guanidine groups is 1. The van der Waals surface area contributed by atoms with Crippen molar-refractivity contribution in [3.05, 3.63) is 0 Å². The Morgan fingerprint density at radius 2 is 1.88 bits per heavy atom. The van der Waals surface area contributed by atoms with Gasteiger partial charge in [0.25, 0.3) is 0 Å². The van der Waals surface area contributed by atoms with Gasteiger partial charge in [0.2, 0.25) is 16.0 Å². The summed E-state index contributed by atoms with van der Waals surface area (Å²) in [5, 5.41) is 0. The molecule has 0 aromatic heterocycles. The minimum absolute atomic E-state index is 0.153. The first kappa shape index (κ1) is 11.7. The van der Waals surface area contributed by atoms with Crippen molar-refractivity contribution in [1.82, 2.24) is 9.21 Å². The molecule has 0 aromatic rings. The van der Waals surface area contributed by atoms with E-state index in [9.17, 15) is 8.42 Å². The second kappa shape index (κ2) is 4.61. The Morgan fingerprint density at radius 1 is 1.19 bits per heavy atom. The molecule has 0 radical (unpaired) electrons. The van der Waals surface area contributed by atoms with Gasteiger partial charge in [0.1, 0.15) is 0 Å². The molecule has 0 atom stereocenters. The Kier molecular flexibility index (Phi) is 3.37. The van der Waals surface area contributed by atoms with Gasteiger partial charge < -0.3 is 4.90 Å². The Hall–Kier alpha value is -0.780. The summed E-state index contributed by atoms with van der Waals surface area (Å²) in [5.41, 5.74) is 0. The van der Waals surface area contributed by atoms with Gasteiger partial charge in [-0.2, -0.15) is 0 Å². The Bertz CT molecular complexity index is 372. The van der Waals surface area contributed by atoms with E-state index in [1.54, 1.807) is 6.92 Å². The molecule has 0 bridgehead atoms. The lowest BCUT2D eigenvalue weighted by molar-refractivity contribution is 0.321. The van der Waals surface area contributed by atoms with Gasteiger partial charge in [0.15, 0.2) is 0 Å². The average Bonchev–Trinajstić information content (AvgIpc) is 2.80. The highest BCUT2D eigenvalue weighted by molar-refractivity contribution is 7.89. The first-order valence-corrected chi connectivity index (χ1v) is 7.56. The Balaban J connectivity index is 2.14. The number of piperidine rings is 1. The molecule has 0 N–H and O–H groups in total. The Morgan fingerprint density at radius 3 is 2.50 bits per heavy atom. The molecule has 1 fully saturated rings. The summed E-state index contributed by atoms with van der Waals surface area (Å²) in [5.74, 6) is 0.835. The molecule has 16 heavy (non-hydrogen) atoms. The monoisotopic (exact) mass is 245 g/mol. The molecule has 0 aliphatic carbocycles. The molecule has 2 heterocycles. The lowest BCUT2D eigenvalue weighted by Gasteiger charge is -2.32. The van der Waals surface area contributed by atoms with Crippen molar-refractivity contribution < 1.29 is 8.42 Å². The van der Waals surface area contributed by atoms with Gasteiger partial charge in [-0.05, 0) is 26.2 Å². The maximum Gasteiger partial charge on any atom is 0.237 e. The van der Waals surface area contributed by atoms with E-state index in [0.717, 1.165) is 25.9 Å². The summed E-state index contributed by atoms with van der Waals surface area (Å²) in [6.45, 7) is 4.68. The van der Waals surface area contributed by atoms with E-state index in [2.05, 4.69) is 9.89 Å². The van der Waals surface area contributed by atoms with Crippen molar-refractivity contribution in [1.29, 1.82) is 0 Å². The van der Waals surface area contributed by atoms with Crippen molar-refractivity contribution in [2.45, 2.75) is 26.2 Å². The summed E-state index contributed by atoms with van der Waals surface area (Å²) in [4.78, 5) is 6.46. The molecule has 1 saturated heterocycles. The van der Waals surface area contributed by atoms with Crippen molar-refractivity contribution in [2.75, 3.05) is 31.9 Å². The van der Waals surface area contributed by atoms with Crippen LogP contribution < -0.4 is 0 Å². The van der Waals surface area contributed by atoms with Gasteiger partial charge >= 0.3 is 0 Å². The highest BCUT2D eigenvalue weighted by atomic mass is 32.2. The quantitative estimate of drug-likeness (QED) is 0.711. The number of nitrogens with zero attached hydrogens (tertiary/aromatic N) is 3. The van der Waals surface area contributed by atoms with E-state index in [4.69, 9.17) is 0 Å². The molecular formula is C10H19N3O2S. The minimum Gasteiger partial charge on any atom is -0.342 e. The van der Waals surface area contributed by atoms with Crippen molar-refractivity contribution in [2.24, 2.45) is 4.99 Å². The van der Waals surface area contributed by atoms with Crippen LogP contribution in [0.4, 0.5) is 0 Å². The van der Waals surface area contributed by atoms with Crippen LogP contribution in [0.1, 0.15) is 26.2 Å². The second-order valence-electron chi connectivity index (χ2n) is 4.20. The van der Waals surface area contributed by atoms with Crippen LogP contribution in [-0.2, 0) is 10.0 Å². The van der Waals surface area contributed by atoms with Crippen LogP contribution in [0.5, 0.6) is 0 Å². The van der Waals surface area contributed by atoms with Crippen LogP contribution >= 0.6 is 0 Å². The van der Waals surface area contributed by atoms with Gasteiger partial charge in [-0.1, -0.05) is 0 Å². The Labute approximate surface area is 97.2 Å². The largest absolute Gasteiger partial charge is 0.342 e. The summed E-state index contributed by atoms with van der Waals surface area (Å²) in [6, 6.07) is 0. The lowest BCUT2D eigenvalue weighted by atomic mass is 10.1. The molecule has 92 valence electrons. The van der Waals surface area contributed by atoms with Gasteiger partial charge in [-0.25, -0.2) is 12.7 Å². The summed E-state index contributed by atoms with van der Waals surface area (Å²) in [6.07, 6.45) is 3.52. The number of rotatable bonds is 2. The van der Waals surface area contributed by atoms with Gasteiger partial charge in [0.05, 0.1) is 18.8 Å². The van der Waals surface area contributed by atoms with E-state index >= 15 is 0 Å². The van der Waals surface area contributed by atoms with Crippen molar-refractivity contribution in [3.63, 3.8) is 0 Å². The van der Waals surface area contributed by atoms with E-state index < -0.39 is 10.0 Å². The highest BCUT2D eigenvalue weighted by Gasteiger charge is 2.31. The van der Waals surface area contributed by atoms with Crippen molar-refractivity contribution in [3.8, 4) is 0 Å². The van der Waals surface area contributed by atoms with Crippen LogP contribution in [0, 0.1) is 0 Å². The molecule has 6 heteroatoms. The predicted molar refractivity (Wildman–Crippen MR) is 63.9 cm³/mol. The normalized spacial score (nSPS) is 22.4. The third kappa shape index (κ3) is 2.16. The summed E-state index contributed by atoms with van der Waals surface area (Å²) in [7, 11) is -3.14. The molecule has 0 amide bonds. The minimum atomic E-state index is -3.14. The number of sulfonamides is 1. The maximum atomic E-state index is 11.9. The average molecular weight is 245 g/mol.